The molecular weight excluding hydrogens is 244 g/mol. The van der Waals surface area contributed by atoms with E-state index in [1.165, 1.54) is 7.11 Å². The quantitative estimate of drug-likeness (QED) is 0.670. The van der Waals surface area contributed by atoms with Crippen LogP contribution in [0.3, 0.4) is 0 Å². The Hall–Kier alpha value is -2.10. The Balaban J connectivity index is 2.36. The van der Waals surface area contributed by atoms with Crippen LogP contribution >= 0.6 is 0 Å². The molecule has 1 N–H and O–H groups in total. The molecule has 0 amide bonds. The second-order valence-corrected chi connectivity index (χ2v) is 4.56. The van der Waals surface area contributed by atoms with E-state index < -0.39 is 11.9 Å². The van der Waals surface area contributed by atoms with Crippen molar-refractivity contribution in [1.29, 1.82) is 0 Å². The van der Waals surface area contributed by atoms with Crippen molar-refractivity contribution in [3.05, 3.63) is 41.0 Å². The van der Waals surface area contributed by atoms with Crippen molar-refractivity contribution in [1.82, 2.24) is 0 Å². The van der Waals surface area contributed by atoms with E-state index in [1.807, 2.05) is 0 Å². The highest BCUT2D eigenvalue weighted by molar-refractivity contribution is 6.16. The Morgan fingerprint density at radius 1 is 1.05 bits per heavy atom. The molecule has 0 heterocycles. The number of methoxy groups -OCH3 is 1. The summed E-state index contributed by atoms with van der Waals surface area (Å²) in [6, 6.07) is 6.53. The number of hydrogen-bond acceptors (Lipinski definition) is 3. The van der Waals surface area contributed by atoms with E-state index in [9.17, 15) is 14.7 Å². The maximum atomic E-state index is 11.4. The third-order valence-corrected chi connectivity index (χ3v) is 3.37. The minimum absolute atomic E-state index is 0.383. The van der Waals surface area contributed by atoms with Crippen LogP contribution in [0.4, 0.5) is 0 Å². The summed E-state index contributed by atoms with van der Waals surface area (Å²) in [5, 5.41) is 9.36. The zero-order valence-corrected chi connectivity index (χ0v) is 10.8. The Labute approximate surface area is 111 Å². The SMILES string of the molecule is COC(=O)c1ccc(C(C(=O)O)=C2CCCC2)cc1. The molecule has 4 nitrogen and oxygen atoms in total. The first kappa shape index (κ1) is 13.3. The summed E-state index contributed by atoms with van der Waals surface area (Å²) in [6.45, 7) is 0. The molecule has 0 aliphatic heterocycles. The summed E-state index contributed by atoms with van der Waals surface area (Å²) in [7, 11) is 1.32. The number of carbonyl (C=O) groups is 2. The van der Waals surface area contributed by atoms with Gasteiger partial charge in [0.25, 0.3) is 0 Å². The van der Waals surface area contributed by atoms with Crippen LogP contribution in [0.15, 0.2) is 29.8 Å². The summed E-state index contributed by atoms with van der Waals surface area (Å²) >= 11 is 0. The fourth-order valence-corrected chi connectivity index (χ4v) is 2.42. The van der Waals surface area contributed by atoms with Gasteiger partial charge in [-0.2, -0.15) is 0 Å². The van der Waals surface area contributed by atoms with Gasteiger partial charge < -0.3 is 9.84 Å². The maximum absolute atomic E-state index is 11.4. The van der Waals surface area contributed by atoms with Crippen LogP contribution in [0.1, 0.15) is 41.6 Å². The summed E-state index contributed by atoms with van der Waals surface area (Å²) in [5.41, 5.74) is 2.46. The van der Waals surface area contributed by atoms with E-state index in [-0.39, 0.29) is 0 Å². The number of ether oxygens (including phenoxy) is 1. The van der Waals surface area contributed by atoms with Crippen LogP contribution in [0.5, 0.6) is 0 Å². The van der Waals surface area contributed by atoms with Gasteiger partial charge >= 0.3 is 11.9 Å². The molecule has 1 saturated carbocycles. The monoisotopic (exact) mass is 260 g/mol. The first-order valence-corrected chi connectivity index (χ1v) is 6.27. The molecule has 1 aromatic rings. The lowest BCUT2D eigenvalue weighted by Gasteiger charge is -2.08. The van der Waals surface area contributed by atoms with Crippen molar-refractivity contribution >= 4 is 17.5 Å². The molecule has 0 aromatic heterocycles. The van der Waals surface area contributed by atoms with Crippen LogP contribution in [-0.4, -0.2) is 24.2 Å². The molecule has 2 rings (SSSR count). The highest BCUT2D eigenvalue weighted by atomic mass is 16.5. The van der Waals surface area contributed by atoms with Crippen molar-refractivity contribution in [3.8, 4) is 0 Å². The second kappa shape index (κ2) is 5.69. The van der Waals surface area contributed by atoms with Gasteiger partial charge in [0.05, 0.1) is 18.2 Å². The van der Waals surface area contributed by atoms with E-state index in [2.05, 4.69) is 4.74 Å². The lowest BCUT2D eigenvalue weighted by molar-refractivity contribution is -0.130. The van der Waals surface area contributed by atoms with Gasteiger partial charge in [-0.25, -0.2) is 9.59 Å². The average Bonchev–Trinajstić information content (AvgIpc) is 2.92. The minimum Gasteiger partial charge on any atom is -0.478 e. The van der Waals surface area contributed by atoms with Crippen LogP contribution in [0, 0.1) is 0 Å². The zero-order valence-electron chi connectivity index (χ0n) is 10.8. The van der Waals surface area contributed by atoms with E-state index >= 15 is 0 Å². The topological polar surface area (TPSA) is 63.6 Å². The van der Waals surface area contributed by atoms with Gasteiger partial charge in [0.15, 0.2) is 0 Å². The molecule has 1 fully saturated rings. The number of carbonyl (C=O) groups excluding carboxylic acids is 1. The van der Waals surface area contributed by atoms with Crippen molar-refractivity contribution in [2.24, 2.45) is 0 Å². The fraction of sp³-hybridized carbons (Fsp3) is 0.333. The van der Waals surface area contributed by atoms with Crippen molar-refractivity contribution in [3.63, 3.8) is 0 Å². The summed E-state index contributed by atoms with van der Waals surface area (Å²) < 4.78 is 4.62. The predicted molar refractivity (Wildman–Crippen MR) is 70.8 cm³/mol. The number of hydrogen-bond donors (Lipinski definition) is 1. The molecule has 0 bridgehead atoms. The average molecular weight is 260 g/mol. The van der Waals surface area contributed by atoms with Crippen LogP contribution < -0.4 is 0 Å². The largest absolute Gasteiger partial charge is 0.478 e. The number of esters is 1. The van der Waals surface area contributed by atoms with Gasteiger partial charge in [-0.1, -0.05) is 17.7 Å². The smallest absolute Gasteiger partial charge is 0.337 e. The van der Waals surface area contributed by atoms with Gasteiger partial charge in [-0.15, -0.1) is 0 Å². The Kier molecular flexibility index (Phi) is 4.00. The number of rotatable bonds is 3. The molecule has 19 heavy (non-hydrogen) atoms. The molecular formula is C15H16O4. The van der Waals surface area contributed by atoms with E-state index in [0.717, 1.165) is 31.3 Å². The molecule has 0 radical (unpaired) electrons. The predicted octanol–water partition coefficient (Wildman–Crippen LogP) is 2.89. The highest BCUT2D eigenvalue weighted by Crippen LogP contribution is 2.32. The normalized spacial score (nSPS) is 14.3. The highest BCUT2D eigenvalue weighted by Gasteiger charge is 2.19. The van der Waals surface area contributed by atoms with E-state index in [1.54, 1.807) is 24.3 Å². The van der Waals surface area contributed by atoms with Gasteiger partial charge in [0, 0.05) is 0 Å². The van der Waals surface area contributed by atoms with E-state index in [4.69, 9.17) is 0 Å². The molecule has 0 saturated heterocycles. The Morgan fingerprint density at radius 3 is 2.05 bits per heavy atom. The van der Waals surface area contributed by atoms with Gasteiger partial charge in [-0.05, 0) is 43.4 Å². The third kappa shape index (κ3) is 2.84. The number of aliphatic carboxylic acids is 1. The molecule has 1 aromatic carbocycles. The summed E-state index contributed by atoms with van der Waals surface area (Å²) in [4.78, 5) is 22.7. The first-order valence-electron chi connectivity index (χ1n) is 6.27. The van der Waals surface area contributed by atoms with Crippen molar-refractivity contribution in [2.75, 3.05) is 7.11 Å². The van der Waals surface area contributed by atoms with Crippen LogP contribution in [-0.2, 0) is 9.53 Å². The van der Waals surface area contributed by atoms with Crippen LogP contribution in [0.25, 0.3) is 5.57 Å². The standard InChI is InChI=1S/C15H16O4/c1-19-15(18)12-8-6-11(7-9-12)13(14(16)17)10-4-2-3-5-10/h6-9H,2-5H2,1H3,(H,16,17). The molecule has 1 aliphatic carbocycles. The Morgan fingerprint density at radius 2 is 1.58 bits per heavy atom. The molecule has 0 atom stereocenters. The Bertz CT molecular complexity index is 518. The fourth-order valence-electron chi connectivity index (χ4n) is 2.42. The molecule has 0 spiro atoms. The van der Waals surface area contributed by atoms with Crippen molar-refractivity contribution < 1.29 is 19.4 Å². The zero-order chi connectivity index (χ0) is 13.8. The first-order chi connectivity index (χ1) is 9.13. The maximum Gasteiger partial charge on any atom is 0.337 e. The van der Waals surface area contributed by atoms with Gasteiger partial charge in [-0.3, -0.25) is 0 Å². The second-order valence-electron chi connectivity index (χ2n) is 4.56. The lowest BCUT2D eigenvalue weighted by atomic mass is 9.98. The minimum atomic E-state index is -0.900. The van der Waals surface area contributed by atoms with E-state index in [0.29, 0.717) is 16.7 Å². The van der Waals surface area contributed by atoms with Gasteiger partial charge in [0.1, 0.15) is 0 Å². The molecule has 1 aliphatic rings. The van der Waals surface area contributed by atoms with Crippen LogP contribution in [0.2, 0.25) is 0 Å². The van der Waals surface area contributed by atoms with Gasteiger partial charge in [0.2, 0.25) is 0 Å². The molecule has 0 unspecified atom stereocenters. The van der Waals surface area contributed by atoms with Crippen molar-refractivity contribution in [2.45, 2.75) is 25.7 Å². The molecule has 4 heteroatoms. The summed E-state index contributed by atoms with van der Waals surface area (Å²) in [6.07, 6.45) is 3.79. The summed E-state index contributed by atoms with van der Waals surface area (Å²) in [5.74, 6) is -1.32. The lowest BCUT2D eigenvalue weighted by Crippen LogP contribution is -2.05. The number of benzene rings is 1. The molecule has 100 valence electrons. The number of carboxylic acid groups (broad SMARTS) is 1. The third-order valence-electron chi connectivity index (χ3n) is 3.37. The number of allylic oxidation sites excluding steroid dienone is 1. The number of carboxylic acids is 1.